The minimum absolute atomic E-state index is 0.205. The number of aryl methyl sites for hydroxylation is 1. The first kappa shape index (κ1) is 16.1. The molecule has 0 saturated carbocycles. The quantitative estimate of drug-likeness (QED) is 0.485. The molecule has 0 amide bonds. The van der Waals surface area contributed by atoms with Crippen LogP contribution in [0.3, 0.4) is 0 Å². The van der Waals surface area contributed by atoms with E-state index in [0.29, 0.717) is 22.3 Å². The number of imidazole rings is 2. The molecule has 0 spiro atoms. The van der Waals surface area contributed by atoms with Gasteiger partial charge in [0.25, 0.3) is 0 Å². The third-order valence-electron chi connectivity index (χ3n) is 4.48. The maximum atomic E-state index is 12.7. The average molecular weight is 370 g/mol. The van der Waals surface area contributed by atoms with E-state index in [1.54, 1.807) is 48.1 Å². The summed E-state index contributed by atoms with van der Waals surface area (Å²) in [6.45, 7) is 1.86. The van der Waals surface area contributed by atoms with Gasteiger partial charge in [-0.2, -0.15) is 0 Å². The molecule has 8 heteroatoms. The fraction of sp³-hybridized carbons (Fsp3) is 0.0500. The lowest BCUT2D eigenvalue weighted by Crippen LogP contribution is -2.07. The SMILES string of the molecule is Cc1cc(-n2ccnc2)cc2nc(-c3cccnc3-n3ccnc3)oc(=O)c12. The lowest BCUT2D eigenvalue weighted by molar-refractivity contribution is 0.517. The van der Waals surface area contributed by atoms with Gasteiger partial charge in [-0.1, -0.05) is 0 Å². The number of pyridine rings is 1. The van der Waals surface area contributed by atoms with Crippen LogP contribution in [0.2, 0.25) is 0 Å². The van der Waals surface area contributed by atoms with Crippen molar-refractivity contribution in [1.29, 1.82) is 0 Å². The highest BCUT2D eigenvalue weighted by Crippen LogP contribution is 2.26. The fourth-order valence-electron chi connectivity index (χ4n) is 3.20. The van der Waals surface area contributed by atoms with Crippen LogP contribution in [0, 0.1) is 6.92 Å². The summed E-state index contributed by atoms with van der Waals surface area (Å²) in [7, 11) is 0. The summed E-state index contributed by atoms with van der Waals surface area (Å²) in [5, 5.41) is 0.459. The predicted molar refractivity (Wildman–Crippen MR) is 102 cm³/mol. The molecule has 0 saturated heterocycles. The van der Waals surface area contributed by atoms with Crippen LogP contribution < -0.4 is 5.63 Å². The van der Waals surface area contributed by atoms with Crippen LogP contribution >= 0.6 is 0 Å². The molecule has 0 radical (unpaired) electrons. The summed E-state index contributed by atoms with van der Waals surface area (Å²) in [6.07, 6.45) is 12.0. The topological polar surface area (TPSA) is 91.6 Å². The van der Waals surface area contributed by atoms with Crippen molar-refractivity contribution >= 4 is 10.9 Å². The Morgan fingerprint density at radius 2 is 1.79 bits per heavy atom. The zero-order valence-corrected chi connectivity index (χ0v) is 14.9. The minimum Gasteiger partial charge on any atom is -0.403 e. The van der Waals surface area contributed by atoms with Gasteiger partial charge in [0.2, 0.25) is 5.89 Å². The molecule has 0 bridgehead atoms. The minimum atomic E-state index is -0.435. The molecule has 5 aromatic rings. The van der Waals surface area contributed by atoms with Gasteiger partial charge in [-0.25, -0.2) is 24.7 Å². The molecule has 0 aliphatic rings. The van der Waals surface area contributed by atoms with E-state index in [9.17, 15) is 4.79 Å². The molecule has 8 nitrogen and oxygen atoms in total. The van der Waals surface area contributed by atoms with E-state index >= 15 is 0 Å². The van der Waals surface area contributed by atoms with Gasteiger partial charge < -0.3 is 8.98 Å². The van der Waals surface area contributed by atoms with Crippen LogP contribution in [0.25, 0.3) is 33.9 Å². The molecule has 1 aromatic carbocycles. The summed E-state index contributed by atoms with van der Waals surface area (Å²) in [5.74, 6) is 0.786. The Kier molecular flexibility index (Phi) is 3.61. The summed E-state index contributed by atoms with van der Waals surface area (Å²) >= 11 is 0. The molecule has 28 heavy (non-hydrogen) atoms. The van der Waals surface area contributed by atoms with Gasteiger partial charge in [-0.05, 0) is 36.8 Å². The summed E-state index contributed by atoms with van der Waals surface area (Å²) in [5.41, 5.74) is 2.37. The van der Waals surface area contributed by atoms with Gasteiger partial charge in [0.1, 0.15) is 6.33 Å². The molecule has 0 unspecified atom stereocenters. The van der Waals surface area contributed by atoms with Crippen molar-refractivity contribution in [3.05, 3.63) is 83.9 Å². The van der Waals surface area contributed by atoms with Crippen molar-refractivity contribution in [1.82, 2.24) is 29.1 Å². The Morgan fingerprint density at radius 3 is 2.54 bits per heavy atom. The second-order valence-electron chi connectivity index (χ2n) is 6.28. The Balaban J connectivity index is 1.76. The zero-order chi connectivity index (χ0) is 19.1. The van der Waals surface area contributed by atoms with E-state index in [0.717, 1.165) is 11.3 Å². The lowest BCUT2D eigenvalue weighted by atomic mass is 10.1. The Labute approximate surface area is 158 Å². The number of benzene rings is 1. The number of fused-ring (bicyclic) bond motifs is 1. The van der Waals surface area contributed by atoms with Crippen LogP contribution in [0.1, 0.15) is 5.56 Å². The number of hydrogen-bond acceptors (Lipinski definition) is 6. The van der Waals surface area contributed by atoms with Gasteiger partial charge in [-0.15, -0.1) is 0 Å². The van der Waals surface area contributed by atoms with Crippen LogP contribution in [0.5, 0.6) is 0 Å². The van der Waals surface area contributed by atoms with Crippen molar-refractivity contribution < 1.29 is 4.42 Å². The van der Waals surface area contributed by atoms with Crippen molar-refractivity contribution in [2.75, 3.05) is 0 Å². The molecule has 0 aliphatic carbocycles. The fourth-order valence-corrected chi connectivity index (χ4v) is 3.20. The smallest absolute Gasteiger partial charge is 0.347 e. The van der Waals surface area contributed by atoms with E-state index < -0.39 is 5.63 Å². The maximum Gasteiger partial charge on any atom is 0.347 e. The van der Waals surface area contributed by atoms with Gasteiger partial charge in [-0.3, -0.25) is 4.57 Å². The Bertz CT molecular complexity index is 1340. The van der Waals surface area contributed by atoms with Crippen molar-refractivity contribution in [3.8, 4) is 23.0 Å². The van der Waals surface area contributed by atoms with Gasteiger partial charge in [0.15, 0.2) is 5.82 Å². The predicted octanol–water partition coefficient (Wildman–Crippen LogP) is 2.93. The number of hydrogen-bond donors (Lipinski definition) is 0. The molecule has 4 heterocycles. The molecule has 0 fully saturated rings. The summed E-state index contributed by atoms with van der Waals surface area (Å²) < 4.78 is 9.18. The molecule has 0 atom stereocenters. The molecular weight excluding hydrogens is 356 g/mol. The zero-order valence-electron chi connectivity index (χ0n) is 14.9. The number of nitrogens with zero attached hydrogens (tertiary/aromatic N) is 6. The van der Waals surface area contributed by atoms with Crippen LogP contribution in [-0.2, 0) is 0 Å². The first-order valence-corrected chi connectivity index (χ1v) is 8.58. The summed E-state index contributed by atoms with van der Waals surface area (Å²) in [4.78, 5) is 29.9. The second kappa shape index (κ2) is 6.27. The normalized spacial score (nSPS) is 11.2. The van der Waals surface area contributed by atoms with Crippen molar-refractivity contribution in [2.24, 2.45) is 0 Å². The van der Waals surface area contributed by atoms with E-state index in [1.807, 2.05) is 35.9 Å². The van der Waals surface area contributed by atoms with E-state index in [-0.39, 0.29) is 5.89 Å². The van der Waals surface area contributed by atoms with Crippen molar-refractivity contribution in [3.63, 3.8) is 0 Å². The highest BCUT2D eigenvalue weighted by Gasteiger charge is 2.16. The van der Waals surface area contributed by atoms with Crippen LogP contribution in [0.4, 0.5) is 0 Å². The Hall–Kier alpha value is -4.07. The maximum absolute atomic E-state index is 12.7. The van der Waals surface area contributed by atoms with Crippen LogP contribution in [0.15, 0.2) is 77.1 Å². The third kappa shape index (κ3) is 2.59. The van der Waals surface area contributed by atoms with E-state index in [1.165, 1.54) is 0 Å². The summed E-state index contributed by atoms with van der Waals surface area (Å²) in [6, 6.07) is 7.34. The largest absolute Gasteiger partial charge is 0.403 e. The number of rotatable bonds is 3. The van der Waals surface area contributed by atoms with Crippen molar-refractivity contribution in [2.45, 2.75) is 6.92 Å². The van der Waals surface area contributed by atoms with Gasteiger partial charge >= 0.3 is 5.63 Å². The highest BCUT2D eigenvalue weighted by atomic mass is 16.4. The second-order valence-corrected chi connectivity index (χ2v) is 6.28. The average Bonchev–Trinajstić information content (AvgIpc) is 3.41. The number of aromatic nitrogens is 6. The molecule has 136 valence electrons. The highest BCUT2D eigenvalue weighted by molar-refractivity contribution is 5.84. The first-order valence-electron chi connectivity index (χ1n) is 8.58. The van der Waals surface area contributed by atoms with Crippen LogP contribution in [-0.4, -0.2) is 29.1 Å². The first-order chi connectivity index (χ1) is 13.7. The Morgan fingerprint density at radius 1 is 1.00 bits per heavy atom. The lowest BCUT2D eigenvalue weighted by Gasteiger charge is -2.10. The standard InChI is InChI=1S/C20H14N6O2/c1-13-9-14(25-7-5-21-11-25)10-16-17(13)20(27)28-19(24-16)15-3-2-4-23-18(15)26-8-6-22-12-26/h2-12H,1H3. The molecule has 5 rings (SSSR count). The molecule has 0 aliphatic heterocycles. The molecule has 4 aromatic heterocycles. The van der Waals surface area contributed by atoms with E-state index in [2.05, 4.69) is 19.9 Å². The molecule has 0 N–H and O–H groups in total. The monoisotopic (exact) mass is 370 g/mol. The third-order valence-corrected chi connectivity index (χ3v) is 4.48. The van der Waals surface area contributed by atoms with Gasteiger partial charge in [0.05, 0.1) is 22.8 Å². The van der Waals surface area contributed by atoms with Gasteiger partial charge in [0, 0.05) is 36.7 Å². The van der Waals surface area contributed by atoms with E-state index in [4.69, 9.17) is 4.42 Å². The molecular formula is C20H14N6O2.